The molecule has 0 unspecified atom stereocenters. The second-order valence-corrected chi connectivity index (χ2v) is 8.34. The molecule has 0 saturated carbocycles. The monoisotopic (exact) mass is 429 g/mol. The predicted octanol–water partition coefficient (Wildman–Crippen LogP) is 5.68. The third-order valence-corrected chi connectivity index (χ3v) is 6.01. The minimum Gasteiger partial charge on any atom is -0.438 e. The second-order valence-electron chi connectivity index (χ2n) is 8.34. The van der Waals surface area contributed by atoms with E-state index in [1.807, 2.05) is 32.3 Å². The SMILES string of the molecule is CN(C)c1ccc(-c2ccc3oc([C@H]4CCCN4C(=O)c4ccc(F)cc4)nc3c2)cc1. The predicted molar refractivity (Wildman–Crippen MR) is 123 cm³/mol. The van der Waals surface area contributed by atoms with E-state index in [-0.39, 0.29) is 17.8 Å². The molecule has 3 aromatic carbocycles. The molecule has 32 heavy (non-hydrogen) atoms. The van der Waals surface area contributed by atoms with E-state index in [1.54, 1.807) is 4.90 Å². The molecule has 1 saturated heterocycles. The Morgan fingerprint density at radius 2 is 1.75 bits per heavy atom. The Morgan fingerprint density at radius 3 is 2.47 bits per heavy atom. The summed E-state index contributed by atoms with van der Waals surface area (Å²) in [6.45, 7) is 0.628. The summed E-state index contributed by atoms with van der Waals surface area (Å²) in [6.07, 6.45) is 1.67. The minimum absolute atomic E-state index is 0.128. The lowest BCUT2D eigenvalue weighted by Crippen LogP contribution is -2.30. The summed E-state index contributed by atoms with van der Waals surface area (Å²) < 4.78 is 19.3. The summed E-state index contributed by atoms with van der Waals surface area (Å²) in [5.41, 5.74) is 5.26. The largest absolute Gasteiger partial charge is 0.438 e. The first-order chi connectivity index (χ1) is 15.5. The van der Waals surface area contributed by atoms with Gasteiger partial charge in [-0.3, -0.25) is 4.79 Å². The van der Waals surface area contributed by atoms with Gasteiger partial charge in [0.05, 0.1) is 0 Å². The van der Waals surface area contributed by atoms with Crippen molar-refractivity contribution in [2.45, 2.75) is 18.9 Å². The maximum Gasteiger partial charge on any atom is 0.254 e. The van der Waals surface area contributed by atoms with E-state index in [0.717, 1.165) is 35.2 Å². The number of carbonyl (C=O) groups is 1. The van der Waals surface area contributed by atoms with Gasteiger partial charge >= 0.3 is 0 Å². The molecule has 0 bridgehead atoms. The van der Waals surface area contributed by atoms with Crippen molar-refractivity contribution in [3.63, 3.8) is 0 Å². The van der Waals surface area contributed by atoms with Crippen molar-refractivity contribution in [1.82, 2.24) is 9.88 Å². The van der Waals surface area contributed by atoms with Gasteiger partial charge in [-0.05, 0) is 72.5 Å². The lowest BCUT2D eigenvalue weighted by atomic mass is 10.0. The average molecular weight is 429 g/mol. The highest BCUT2D eigenvalue weighted by Crippen LogP contribution is 2.35. The second kappa shape index (κ2) is 8.11. The molecular formula is C26H24FN3O2. The fourth-order valence-electron chi connectivity index (χ4n) is 4.24. The third-order valence-electron chi connectivity index (χ3n) is 6.01. The van der Waals surface area contributed by atoms with Crippen LogP contribution in [0.25, 0.3) is 22.2 Å². The normalized spacial score (nSPS) is 16.0. The first-order valence-corrected chi connectivity index (χ1v) is 10.7. The van der Waals surface area contributed by atoms with Crippen molar-refractivity contribution >= 4 is 22.7 Å². The number of fused-ring (bicyclic) bond motifs is 1. The number of hydrogen-bond acceptors (Lipinski definition) is 4. The number of nitrogens with zero attached hydrogens (tertiary/aromatic N) is 3. The van der Waals surface area contributed by atoms with Crippen molar-refractivity contribution in [2.24, 2.45) is 0 Å². The Kier molecular flexibility index (Phi) is 5.13. The number of anilines is 1. The van der Waals surface area contributed by atoms with Crippen LogP contribution in [-0.4, -0.2) is 36.4 Å². The Labute approximate surface area is 186 Å². The lowest BCUT2D eigenvalue weighted by molar-refractivity contribution is 0.0717. The summed E-state index contributed by atoms with van der Waals surface area (Å²) in [5, 5.41) is 0. The van der Waals surface area contributed by atoms with Crippen LogP contribution in [0, 0.1) is 5.82 Å². The quantitative estimate of drug-likeness (QED) is 0.419. The Bertz CT molecular complexity index is 1260. The molecule has 2 heterocycles. The molecule has 1 fully saturated rings. The van der Waals surface area contributed by atoms with Gasteiger partial charge in [-0.2, -0.15) is 0 Å². The standard InChI is InChI=1S/C26H24FN3O2/c1-29(2)21-12-7-17(8-13-21)19-9-14-24-22(16-19)28-25(32-24)23-4-3-15-30(23)26(31)18-5-10-20(27)11-6-18/h5-14,16,23H,3-4,15H2,1-2H3/t23-/m1/s1. The van der Waals surface area contributed by atoms with Gasteiger partial charge in [0.25, 0.3) is 5.91 Å². The Balaban J connectivity index is 1.42. The highest BCUT2D eigenvalue weighted by atomic mass is 19.1. The number of carbonyl (C=O) groups excluding carboxylic acids is 1. The fourth-order valence-corrected chi connectivity index (χ4v) is 4.24. The number of likely N-dealkylation sites (tertiary alicyclic amines) is 1. The molecule has 0 N–H and O–H groups in total. The molecule has 1 amide bonds. The average Bonchev–Trinajstić information content (AvgIpc) is 3.45. The van der Waals surface area contributed by atoms with Crippen molar-refractivity contribution in [3.8, 4) is 11.1 Å². The number of aromatic nitrogens is 1. The van der Waals surface area contributed by atoms with Crippen molar-refractivity contribution in [2.75, 3.05) is 25.5 Å². The van der Waals surface area contributed by atoms with Crippen molar-refractivity contribution in [3.05, 3.63) is 84.0 Å². The molecule has 5 nitrogen and oxygen atoms in total. The van der Waals surface area contributed by atoms with Crippen LogP contribution in [0.5, 0.6) is 0 Å². The van der Waals surface area contributed by atoms with Crippen LogP contribution in [0.3, 0.4) is 0 Å². The molecular weight excluding hydrogens is 405 g/mol. The van der Waals surface area contributed by atoms with Gasteiger partial charge in [0.1, 0.15) is 17.4 Å². The van der Waals surface area contributed by atoms with Crippen LogP contribution in [0.4, 0.5) is 10.1 Å². The number of amides is 1. The fraction of sp³-hybridized carbons (Fsp3) is 0.231. The molecule has 162 valence electrons. The number of rotatable bonds is 4. The van der Waals surface area contributed by atoms with E-state index in [9.17, 15) is 9.18 Å². The lowest BCUT2D eigenvalue weighted by Gasteiger charge is -2.22. The maximum absolute atomic E-state index is 13.2. The van der Waals surface area contributed by atoms with E-state index in [4.69, 9.17) is 9.40 Å². The van der Waals surface area contributed by atoms with E-state index in [0.29, 0.717) is 23.6 Å². The highest BCUT2D eigenvalue weighted by molar-refractivity contribution is 5.94. The first-order valence-electron chi connectivity index (χ1n) is 10.7. The third kappa shape index (κ3) is 3.73. The summed E-state index contributed by atoms with van der Waals surface area (Å²) in [6, 6.07) is 19.8. The number of hydrogen-bond donors (Lipinski definition) is 0. The number of oxazole rings is 1. The first kappa shape index (κ1) is 20.2. The maximum atomic E-state index is 13.2. The molecule has 0 aliphatic carbocycles. The van der Waals surface area contributed by atoms with Crippen LogP contribution in [0.15, 0.2) is 71.1 Å². The number of halogens is 1. The van der Waals surface area contributed by atoms with Crippen LogP contribution >= 0.6 is 0 Å². The van der Waals surface area contributed by atoms with Gasteiger partial charge < -0.3 is 14.2 Å². The minimum atomic E-state index is -0.356. The van der Waals surface area contributed by atoms with Gasteiger partial charge in [-0.1, -0.05) is 18.2 Å². The van der Waals surface area contributed by atoms with Gasteiger partial charge in [0.15, 0.2) is 5.58 Å². The molecule has 1 atom stereocenters. The molecule has 0 radical (unpaired) electrons. The summed E-state index contributed by atoms with van der Waals surface area (Å²) in [5.74, 6) is 0.0649. The van der Waals surface area contributed by atoms with Crippen LogP contribution < -0.4 is 4.90 Å². The van der Waals surface area contributed by atoms with Crippen molar-refractivity contribution in [1.29, 1.82) is 0 Å². The molecule has 1 aliphatic rings. The van der Waals surface area contributed by atoms with Gasteiger partial charge in [-0.25, -0.2) is 9.37 Å². The molecule has 4 aromatic rings. The summed E-state index contributed by atoms with van der Waals surface area (Å²) in [7, 11) is 4.04. The smallest absolute Gasteiger partial charge is 0.254 e. The summed E-state index contributed by atoms with van der Waals surface area (Å²) >= 11 is 0. The molecule has 1 aliphatic heterocycles. The highest BCUT2D eigenvalue weighted by Gasteiger charge is 2.34. The molecule has 1 aromatic heterocycles. The zero-order chi connectivity index (χ0) is 22.2. The van der Waals surface area contributed by atoms with E-state index in [1.165, 1.54) is 24.3 Å². The molecule has 6 heteroatoms. The van der Waals surface area contributed by atoms with Crippen molar-refractivity contribution < 1.29 is 13.6 Å². The zero-order valence-corrected chi connectivity index (χ0v) is 18.1. The van der Waals surface area contributed by atoms with E-state index in [2.05, 4.69) is 29.2 Å². The van der Waals surface area contributed by atoms with Gasteiger partial charge in [0, 0.05) is 31.9 Å². The van der Waals surface area contributed by atoms with Gasteiger partial charge in [0.2, 0.25) is 5.89 Å². The Hall–Kier alpha value is -3.67. The molecule has 5 rings (SSSR count). The van der Waals surface area contributed by atoms with E-state index < -0.39 is 0 Å². The molecule has 0 spiro atoms. The van der Waals surface area contributed by atoms with Gasteiger partial charge in [-0.15, -0.1) is 0 Å². The van der Waals surface area contributed by atoms with E-state index >= 15 is 0 Å². The topological polar surface area (TPSA) is 49.6 Å². The zero-order valence-electron chi connectivity index (χ0n) is 18.1. The van der Waals surface area contributed by atoms with Crippen LogP contribution in [0.2, 0.25) is 0 Å². The Morgan fingerprint density at radius 1 is 1.03 bits per heavy atom. The van der Waals surface area contributed by atoms with Crippen LogP contribution in [0.1, 0.15) is 35.1 Å². The number of benzene rings is 3. The summed E-state index contributed by atoms with van der Waals surface area (Å²) in [4.78, 5) is 21.6. The van der Waals surface area contributed by atoms with Crippen LogP contribution in [-0.2, 0) is 0 Å².